The van der Waals surface area contributed by atoms with Crippen molar-refractivity contribution in [2.24, 2.45) is 5.73 Å². The lowest BCUT2D eigenvalue weighted by molar-refractivity contribution is 0.164. The second kappa shape index (κ2) is 5.05. The van der Waals surface area contributed by atoms with Crippen molar-refractivity contribution < 1.29 is 15.3 Å². The Morgan fingerprint density at radius 2 is 1.57 bits per heavy atom. The van der Waals surface area contributed by atoms with Gasteiger partial charge in [-0.25, -0.2) is 0 Å². The van der Waals surface area contributed by atoms with Gasteiger partial charge in [0.2, 0.25) is 0 Å². The average Bonchev–Trinajstić information content (AvgIpc) is 2.01. The van der Waals surface area contributed by atoms with E-state index in [0.29, 0.717) is 5.56 Å². The van der Waals surface area contributed by atoms with Crippen LogP contribution >= 0.6 is 12.4 Å². The van der Waals surface area contributed by atoms with Gasteiger partial charge in [-0.1, -0.05) is 0 Å². The van der Waals surface area contributed by atoms with Crippen molar-refractivity contribution in [2.75, 3.05) is 0 Å². The number of hydrogen-bond acceptors (Lipinski definition) is 4. The molecule has 0 saturated heterocycles. The Morgan fingerprint density at radius 1 is 1.14 bits per heavy atom. The average molecular weight is 220 g/mol. The number of rotatable bonds is 2. The van der Waals surface area contributed by atoms with Crippen molar-refractivity contribution in [2.45, 2.75) is 19.1 Å². The van der Waals surface area contributed by atoms with Crippen LogP contribution in [0.4, 0.5) is 0 Å². The lowest BCUT2D eigenvalue weighted by Crippen LogP contribution is -2.22. The third-order valence-electron chi connectivity index (χ3n) is 1.83. The predicted octanol–water partition coefficient (Wildman–Crippen LogP) is 0.900. The van der Waals surface area contributed by atoms with Crippen LogP contribution in [0.15, 0.2) is 18.2 Å². The summed E-state index contributed by atoms with van der Waals surface area (Å²) >= 11 is 0. The molecule has 2 atom stereocenters. The van der Waals surface area contributed by atoms with Gasteiger partial charge in [-0.05, 0) is 24.6 Å². The van der Waals surface area contributed by atoms with Crippen molar-refractivity contribution in [3.8, 4) is 11.5 Å². The Morgan fingerprint density at radius 3 is 1.93 bits per heavy atom. The first-order chi connectivity index (χ1) is 6.00. The maximum atomic E-state index is 9.17. The summed E-state index contributed by atoms with van der Waals surface area (Å²) < 4.78 is 0. The van der Waals surface area contributed by atoms with Crippen molar-refractivity contribution in [3.05, 3.63) is 23.8 Å². The van der Waals surface area contributed by atoms with Crippen molar-refractivity contribution in [1.29, 1.82) is 0 Å². The number of aliphatic hydroxyl groups is 1. The van der Waals surface area contributed by atoms with E-state index in [1.54, 1.807) is 6.92 Å². The van der Waals surface area contributed by atoms with E-state index in [0.717, 1.165) is 0 Å². The highest BCUT2D eigenvalue weighted by molar-refractivity contribution is 5.85. The maximum Gasteiger partial charge on any atom is 0.119 e. The molecule has 0 bridgehead atoms. The smallest absolute Gasteiger partial charge is 0.119 e. The molecule has 0 aliphatic carbocycles. The molecule has 1 rings (SSSR count). The molecule has 0 unspecified atom stereocenters. The molecule has 14 heavy (non-hydrogen) atoms. The van der Waals surface area contributed by atoms with Crippen LogP contribution in [-0.2, 0) is 0 Å². The highest BCUT2D eigenvalue weighted by Crippen LogP contribution is 2.25. The predicted molar refractivity (Wildman–Crippen MR) is 55.6 cm³/mol. The molecule has 4 nitrogen and oxygen atoms in total. The number of phenols is 2. The molecular weight excluding hydrogens is 206 g/mol. The van der Waals surface area contributed by atoms with Gasteiger partial charge < -0.3 is 21.1 Å². The zero-order valence-corrected chi connectivity index (χ0v) is 8.53. The van der Waals surface area contributed by atoms with Crippen molar-refractivity contribution in [3.63, 3.8) is 0 Å². The standard InChI is InChI=1S/C9H13NO3.ClH/c1-5(11)9(10)6-2-7(12)4-8(13)3-6;/h2-5,9,11-13H,10H2,1H3;1H/t5-,9-;/m1./s1. The van der Waals surface area contributed by atoms with Gasteiger partial charge in [-0.2, -0.15) is 0 Å². The van der Waals surface area contributed by atoms with Gasteiger partial charge in [0, 0.05) is 6.07 Å². The Bertz CT molecular complexity index is 284. The van der Waals surface area contributed by atoms with Crippen LogP contribution in [0, 0.1) is 0 Å². The van der Waals surface area contributed by atoms with E-state index in [1.807, 2.05) is 0 Å². The highest BCUT2D eigenvalue weighted by Gasteiger charge is 2.13. The van der Waals surface area contributed by atoms with Gasteiger partial charge in [0.25, 0.3) is 0 Å². The van der Waals surface area contributed by atoms with E-state index < -0.39 is 12.1 Å². The van der Waals surface area contributed by atoms with Crippen LogP contribution in [0.1, 0.15) is 18.5 Å². The number of hydrogen-bond donors (Lipinski definition) is 4. The summed E-state index contributed by atoms with van der Waals surface area (Å²) in [5.41, 5.74) is 6.11. The Hall–Kier alpha value is -0.970. The number of nitrogens with two attached hydrogens (primary N) is 1. The van der Waals surface area contributed by atoms with E-state index >= 15 is 0 Å². The van der Waals surface area contributed by atoms with Gasteiger partial charge in [-0.3, -0.25) is 0 Å². The molecule has 0 spiro atoms. The SMILES string of the molecule is C[C@@H](O)[C@@H](N)c1cc(O)cc(O)c1.Cl. The molecule has 0 aliphatic heterocycles. The number of phenolic OH excluding ortho intramolecular Hbond substituents is 2. The molecule has 0 fully saturated rings. The second-order valence-corrected chi connectivity index (χ2v) is 3.05. The van der Waals surface area contributed by atoms with Crippen LogP contribution in [-0.4, -0.2) is 21.4 Å². The molecule has 5 N–H and O–H groups in total. The fourth-order valence-corrected chi connectivity index (χ4v) is 1.09. The number of benzene rings is 1. The van der Waals surface area contributed by atoms with E-state index in [1.165, 1.54) is 18.2 Å². The largest absolute Gasteiger partial charge is 0.508 e. The number of aromatic hydroxyl groups is 2. The van der Waals surface area contributed by atoms with Gasteiger partial charge >= 0.3 is 0 Å². The third-order valence-corrected chi connectivity index (χ3v) is 1.83. The summed E-state index contributed by atoms with van der Waals surface area (Å²) in [6.07, 6.45) is -0.721. The molecule has 5 heteroatoms. The molecule has 0 amide bonds. The first-order valence-electron chi connectivity index (χ1n) is 3.97. The molecule has 1 aromatic rings. The first kappa shape index (κ1) is 13.0. The zero-order chi connectivity index (χ0) is 10.0. The van der Waals surface area contributed by atoms with Crippen LogP contribution in [0.5, 0.6) is 11.5 Å². The minimum Gasteiger partial charge on any atom is -0.508 e. The summed E-state index contributed by atoms with van der Waals surface area (Å²) in [7, 11) is 0. The molecule has 0 aromatic heterocycles. The lowest BCUT2D eigenvalue weighted by Gasteiger charge is -2.15. The third kappa shape index (κ3) is 3.06. The number of aliphatic hydroxyl groups excluding tert-OH is 1. The van der Waals surface area contributed by atoms with E-state index in [-0.39, 0.29) is 23.9 Å². The monoisotopic (exact) mass is 219 g/mol. The molecule has 0 radical (unpaired) electrons. The summed E-state index contributed by atoms with van der Waals surface area (Å²) in [5, 5.41) is 27.4. The van der Waals surface area contributed by atoms with Gasteiger partial charge in [-0.15, -0.1) is 12.4 Å². The lowest BCUT2D eigenvalue weighted by atomic mass is 10.0. The Labute approximate surface area is 88.4 Å². The van der Waals surface area contributed by atoms with Gasteiger partial charge in [0.05, 0.1) is 12.1 Å². The van der Waals surface area contributed by atoms with E-state index in [9.17, 15) is 0 Å². The van der Waals surface area contributed by atoms with E-state index in [4.69, 9.17) is 21.1 Å². The molecule has 80 valence electrons. The minimum atomic E-state index is -0.721. The fraction of sp³-hybridized carbons (Fsp3) is 0.333. The van der Waals surface area contributed by atoms with Crippen molar-refractivity contribution in [1.82, 2.24) is 0 Å². The van der Waals surface area contributed by atoms with Crippen LogP contribution in [0.3, 0.4) is 0 Å². The molecular formula is C9H14ClNO3. The first-order valence-corrected chi connectivity index (χ1v) is 3.97. The highest BCUT2D eigenvalue weighted by atomic mass is 35.5. The topological polar surface area (TPSA) is 86.7 Å². The zero-order valence-electron chi connectivity index (χ0n) is 7.71. The van der Waals surface area contributed by atoms with Gasteiger partial charge in [0.15, 0.2) is 0 Å². The maximum absolute atomic E-state index is 9.17. The fourth-order valence-electron chi connectivity index (χ4n) is 1.09. The molecule has 1 aromatic carbocycles. The number of halogens is 1. The molecule has 0 heterocycles. The van der Waals surface area contributed by atoms with Crippen LogP contribution < -0.4 is 5.73 Å². The second-order valence-electron chi connectivity index (χ2n) is 3.05. The summed E-state index contributed by atoms with van der Waals surface area (Å²) in [6, 6.07) is 3.44. The quantitative estimate of drug-likeness (QED) is 0.595. The summed E-state index contributed by atoms with van der Waals surface area (Å²) in [5.74, 6) is -0.128. The van der Waals surface area contributed by atoms with Crippen LogP contribution in [0.25, 0.3) is 0 Å². The normalized spacial score (nSPS) is 14.2. The van der Waals surface area contributed by atoms with E-state index in [2.05, 4.69) is 0 Å². The minimum absolute atomic E-state index is 0. The molecule has 0 saturated carbocycles. The summed E-state index contributed by atoms with van der Waals surface area (Å²) in [4.78, 5) is 0. The van der Waals surface area contributed by atoms with Gasteiger partial charge in [0.1, 0.15) is 11.5 Å². The van der Waals surface area contributed by atoms with Crippen molar-refractivity contribution >= 4 is 12.4 Å². The van der Waals surface area contributed by atoms with Crippen LogP contribution in [0.2, 0.25) is 0 Å². The summed E-state index contributed by atoms with van der Waals surface area (Å²) in [6.45, 7) is 1.55. The molecule has 0 aliphatic rings. The Balaban J connectivity index is 0.00000169. The Kier molecular flexibility index (Phi) is 4.70.